The first kappa shape index (κ1) is 26.3. The summed E-state index contributed by atoms with van der Waals surface area (Å²) in [5, 5.41) is 5.05. The van der Waals surface area contributed by atoms with Crippen molar-refractivity contribution >= 4 is 38.6 Å². The van der Waals surface area contributed by atoms with Crippen LogP contribution in [0.15, 0.2) is 170 Å². The van der Waals surface area contributed by atoms with Crippen molar-refractivity contribution in [2.75, 3.05) is 4.90 Å². The summed E-state index contributed by atoms with van der Waals surface area (Å²) < 4.78 is 0. The molecular formula is C46H31N. The first-order chi connectivity index (χ1) is 23.2. The molecule has 2 aliphatic carbocycles. The zero-order chi connectivity index (χ0) is 31.1. The van der Waals surface area contributed by atoms with Crippen LogP contribution in [-0.4, -0.2) is 0 Å². The lowest BCUT2D eigenvalue weighted by Gasteiger charge is -2.31. The van der Waals surface area contributed by atoms with Crippen LogP contribution in [0.2, 0.25) is 0 Å². The highest BCUT2D eigenvalue weighted by molar-refractivity contribution is 6.04. The van der Waals surface area contributed by atoms with Crippen molar-refractivity contribution in [2.45, 2.75) is 12.3 Å². The zero-order valence-corrected chi connectivity index (χ0v) is 26.1. The van der Waals surface area contributed by atoms with Crippen LogP contribution in [0.25, 0.3) is 43.8 Å². The third-order valence-electron chi connectivity index (χ3n) is 10.5. The minimum Gasteiger partial charge on any atom is -0.310 e. The molecule has 8 aromatic rings. The first-order valence-corrected chi connectivity index (χ1v) is 16.4. The zero-order valence-electron chi connectivity index (χ0n) is 26.1. The molecule has 1 heteroatoms. The third-order valence-corrected chi connectivity index (χ3v) is 10.5. The molecule has 10 rings (SSSR count). The van der Waals surface area contributed by atoms with Crippen molar-refractivity contribution in [3.63, 3.8) is 0 Å². The molecule has 0 saturated heterocycles. The number of hydrogen-bond donors (Lipinski definition) is 0. The van der Waals surface area contributed by atoms with Crippen LogP contribution in [0, 0.1) is 6.92 Å². The Morgan fingerprint density at radius 3 is 1.49 bits per heavy atom. The van der Waals surface area contributed by atoms with Crippen LogP contribution in [0.1, 0.15) is 27.8 Å². The van der Waals surface area contributed by atoms with Crippen molar-refractivity contribution in [3.8, 4) is 22.3 Å². The average Bonchev–Trinajstić information content (AvgIpc) is 3.57. The molecule has 0 atom stereocenters. The van der Waals surface area contributed by atoms with E-state index in [9.17, 15) is 0 Å². The van der Waals surface area contributed by atoms with E-state index in [1.54, 1.807) is 0 Å². The van der Waals surface area contributed by atoms with E-state index in [4.69, 9.17) is 0 Å². The van der Waals surface area contributed by atoms with Gasteiger partial charge in [-0.2, -0.15) is 0 Å². The van der Waals surface area contributed by atoms with Crippen LogP contribution >= 0.6 is 0 Å². The topological polar surface area (TPSA) is 3.24 Å². The second-order valence-electron chi connectivity index (χ2n) is 13.0. The van der Waals surface area contributed by atoms with Gasteiger partial charge in [-0.25, -0.2) is 0 Å². The second kappa shape index (κ2) is 9.79. The first-order valence-electron chi connectivity index (χ1n) is 16.4. The van der Waals surface area contributed by atoms with Gasteiger partial charge in [-0.1, -0.05) is 115 Å². The fourth-order valence-electron chi connectivity index (χ4n) is 8.41. The number of anilines is 3. The fraction of sp³-hybridized carbons (Fsp3) is 0.0435. The SMILES string of the molecule is Cc1ccc(N(c2ccccc2)c2ccc3cc4c(cc3c2)C2(c3ccccc3-c3ccccc32)c2cc3ccccc3cc2-4)cc1. The highest BCUT2D eigenvalue weighted by Crippen LogP contribution is 2.63. The maximum Gasteiger partial charge on any atom is 0.0725 e. The summed E-state index contributed by atoms with van der Waals surface area (Å²) in [6, 6.07) is 63.2. The summed E-state index contributed by atoms with van der Waals surface area (Å²) in [7, 11) is 0. The Balaban J connectivity index is 1.27. The Morgan fingerprint density at radius 1 is 0.340 bits per heavy atom. The number of fused-ring (bicyclic) bond motifs is 12. The second-order valence-corrected chi connectivity index (χ2v) is 13.0. The number of para-hydroxylation sites is 1. The van der Waals surface area contributed by atoms with Crippen molar-refractivity contribution < 1.29 is 0 Å². The van der Waals surface area contributed by atoms with E-state index >= 15 is 0 Å². The van der Waals surface area contributed by atoms with Gasteiger partial charge in [0.15, 0.2) is 0 Å². The highest BCUT2D eigenvalue weighted by atomic mass is 15.1. The Kier molecular flexibility index (Phi) is 5.48. The van der Waals surface area contributed by atoms with Crippen LogP contribution in [0.5, 0.6) is 0 Å². The molecule has 0 heterocycles. The quantitative estimate of drug-likeness (QED) is 0.196. The lowest BCUT2D eigenvalue weighted by molar-refractivity contribution is 0.796. The van der Waals surface area contributed by atoms with Crippen LogP contribution in [-0.2, 0) is 5.41 Å². The number of nitrogens with zero attached hydrogens (tertiary/aromatic N) is 1. The number of benzene rings is 8. The Morgan fingerprint density at radius 2 is 0.830 bits per heavy atom. The van der Waals surface area contributed by atoms with Crippen molar-refractivity contribution in [3.05, 3.63) is 198 Å². The Hall–Kier alpha value is -5.92. The molecule has 0 saturated carbocycles. The standard InChI is InChI=1S/C46H31N/c1-30-19-22-36(23-20-30)47(35-13-3-2-4-14-35)37-24-21-33-27-41-40-26-31-11-5-6-12-32(31)28-44(40)46(45(41)29-34(33)25-37)42-17-9-7-15-38(42)39-16-8-10-18-43(39)46/h2-29H,1H3. The van der Waals surface area contributed by atoms with E-state index in [2.05, 4.69) is 182 Å². The van der Waals surface area contributed by atoms with Gasteiger partial charge >= 0.3 is 0 Å². The summed E-state index contributed by atoms with van der Waals surface area (Å²) >= 11 is 0. The Bertz CT molecular complexity index is 2480. The lowest BCUT2D eigenvalue weighted by Crippen LogP contribution is -2.25. The monoisotopic (exact) mass is 597 g/mol. The molecular weight excluding hydrogens is 567 g/mol. The van der Waals surface area contributed by atoms with Crippen molar-refractivity contribution in [1.29, 1.82) is 0 Å². The van der Waals surface area contributed by atoms with Gasteiger partial charge in [-0.15, -0.1) is 0 Å². The van der Waals surface area contributed by atoms with Gasteiger partial charge < -0.3 is 4.90 Å². The molecule has 47 heavy (non-hydrogen) atoms. The van der Waals surface area contributed by atoms with Gasteiger partial charge in [0.2, 0.25) is 0 Å². The molecule has 0 amide bonds. The molecule has 0 N–H and O–H groups in total. The van der Waals surface area contributed by atoms with Gasteiger partial charge in [0.1, 0.15) is 0 Å². The third kappa shape index (κ3) is 3.66. The molecule has 0 unspecified atom stereocenters. The Labute approximate surface area is 275 Å². The molecule has 220 valence electrons. The normalized spacial score (nSPS) is 13.4. The summed E-state index contributed by atoms with van der Waals surface area (Å²) in [5.74, 6) is 0. The average molecular weight is 598 g/mol. The van der Waals surface area contributed by atoms with Crippen LogP contribution < -0.4 is 4.90 Å². The van der Waals surface area contributed by atoms with E-state index in [1.165, 1.54) is 71.6 Å². The van der Waals surface area contributed by atoms with Crippen molar-refractivity contribution in [1.82, 2.24) is 0 Å². The smallest absolute Gasteiger partial charge is 0.0725 e. The van der Waals surface area contributed by atoms with Crippen LogP contribution in [0.3, 0.4) is 0 Å². The van der Waals surface area contributed by atoms with Gasteiger partial charge in [0.25, 0.3) is 0 Å². The predicted molar refractivity (Wildman–Crippen MR) is 197 cm³/mol. The summed E-state index contributed by atoms with van der Waals surface area (Å²) in [5.41, 5.74) is 15.1. The molecule has 0 aromatic heterocycles. The molecule has 0 aliphatic heterocycles. The van der Waals surface area contributed by atoms with Crippen LogP contribution in [0.4, 0.5) is 17.1 Å². The highest BCUT2D eigenvalue weighted by Gasteiger charge is 2.51. The van der Waals surface area contributed by atoms with E-state index in [0.29, 0.717) is 0 Å². The van der Waals surface area contributed by atoms with E-state index in [1.807, 2.05) is 0 Å². The minimum atomic E-state index is -0.387. The maximum atomic E-state index is 2.50. The summed E-state index contributed by atoms with van der Waals surface area (Å²) in [6.07, 6.45) is 0. The number of aryl methyl sites for hydroxylation is 1. The largest absolute Gasteiger partial charge is 0.310 e. The molecule has 0 fully saturated rings. The molecule has 8 aromatic carbocycles. The maximum absolute atomic E-state index is 2.50. The van der Waals surface area contributed by atoms with E-state index in [0.717, 1.165) is 17.1 Å². The van der Waals surface area contributed by atoms with Gasteiger partial charge in [-0.05, 0) is 134 Å². The minimum absolute atomic E-state index is 0.387. The van der Waals surface area contributed by atoms with Gasteiger partial charge in [0, 0.05) is 17.1 Å². The van der Waals surface area contributed by atoms with Gasteiger partial charge in [0.05, 0.1) is 5.41 Å². The van der Waals surface area contributed by atoms with Crippen molar-refractivity contribution in [2.24, 2.45) is 0 Å². The summed E-state index contributed by atoms with van der Waals surface area (Å²) in [6.45, 7) is 2.14. The van der Waals surface area contributed by atoms with E-state index in [-0.39, 0.29) is 5.41 Å². The number of hydrogen-bond acceptors (Lipinski definition) is 1. The molecule has 2 aliphatic rings. The summed E-state index contributed by atoms with van der Waals surface area (Å²) in [4.78, 5) is 2.36. The molecule has 0 bridgehead atoms. The molecule has 1 nitrogen and oxygen atoms in total. The fourth-order valence-corrected chi connectivity index (χ4v) is 8.41. The molecule has 1 spiro atoms. The van der Waals surface area contributed by atoms with E-state index < -0.39 is 0 Å². The number of rotatable bonds is 3. The molecule has 0 radical (unpaired) electrons. The lowest BCUT2D eigenvalue weighted by atomic mass is 9.70. The predicted octanol–water partition coefficient (Wildman–Crippen LogP) is 12.1. The van der Waals surface area contributed by atoms with Gasteiger partial charge in [-0.3, -0.25) is 0 Å².